The van der Waals surface area contributed by atoms with Crippen LogP contribution in [0.3, 0.4) is 0 Å². The second kappa shape index (κ2) is 14.0. The summed E-state index contributed by atoms with van der Waals surface area (Å²) in [4.78, 5) is 28.7. The van der Waals surface area contributed by atoms with Gasteiger partial charge >= 0.3 is 5.97 Å². The van der Waals surface area contributed by atoms with Crippen LogP contribution >= 0.6 is 23.2 Å². The average molecular weight is 648 g/mol. The van der Waals surface area contributed by atoms with Gasteiger partial charge in [-0.05, 0) is 99.3 Å². The minimum atomic E-state index is -0.355. The van der Waals surface area contributed by atoms with Crippen LogP contribution in [0.1, 0.15) is 52.9 Å². The molecule has 1 aliphatic rings. The van der Waals surface area contributed by atoms with Crippen LogP contribution in [0.5, 0.6) is 5.75 Å². The number of likely N-dealkylation sites (tertiary alicyclic amines) is 1. The van der Waals surface area contributed by atoms with E-state index >= 15 is 0 Å². The van der Waals surface area contributed by atoms with E-state index in [0.717, 1.165) is 73.7 Å². The molecule has 0 spiro atoms. The first kappa shape index (κ1) is 31.1. The Morgan fingerprint density at radius 3 is 2.67 bits per heavy atom. The van der Waals surface area contributed by atoms with Crippen molar-refractivity contribution >= 4 is 40.2 Å². The molecule has 0 atom stereocenters. The third-order valence-corrected chi connectivity index (χ3v) is 8.99. The lowest BCUT2D eigenvalue weighted by Crippen LogP contribution is -2.34. The molecule has 1 fully saturated rings. The van der Waals surface area contributed by atoms with Crippen LogP contribution in [0.15, 0.2) is 67.3 Å². The standard InChI is InChI=1S/C34H36Cl2N6O3/c1-3-41-22-37-18-28(41)19-42-31-16-25(34(43)44-2)4-6-30(31)39-33(42)20-40-12-9-23(10-13-40)14-24-8-11-38-27(15-24)21-45-32-7-5-26(35)17-29(32)36/h4-8,11,15-18,22-23H,3,9-10,12-14,19-21H2,1-2H3. The zero-order chi connectivity index (χ0) is 31.3. The van der Waals surface area contributed by atoms with E-state index in [0.29, 0.717) is 40.4 Å². The quantitative estimate of drug-likeness (QED) is 0.145. The number of aromatic nitrogens is 5. The third-order valence-electron chi connectivity index (χ3n) is 8.45. The maximum absolute atomic E-state index is 12.3. The summed E-state index contributed by atoms with van der Waals surface area (Å²) in [7, 11) is 1.40. The lowest BCUT2D eigenvalue weighted by atomic mass is 9.90. The van der Waals surface area contributed by atoms with E-state index in [1.165, 1.54) is 12.7 Å². The van der Waals surface area contributed by atoms with E-state index in [1.54, 1.807) is 24.3 Å². The Morgan fingerprint density at radius 1 is 1.04 bits per heavy atom. The van der Waals surface area contributed by atoms with Crippen molar-refractivity contribution in [2.45, 2.75) is 52.4 Å². The molecular weight excluding hydrogens is 611 g/mol. The van der Waals surface area contributed by atoms with Gasteiger partial charge in [-0.2, -0.15) is 0 Å². The maximum Gasteiger partial charge on any atom is 0.337 e. The van der Waals surface area contributed by atoms with E-state index in [-0.39, 0.29) is 5.97 Å². The molecule has 4 heterocycles. The molecule has 0 saturated carbocycles. The second-order valence-electron chi connectivity index (χ2n) is 11.4. The monoisotopic (exact) mass is 646 g/mol. The highest BCUT2D eigenvalue weighted by molar-refractivity contribution is 6.35. The SMILES string of the molecule is CCn1cncc1Cn1c(CN2CCC(Cc3ccnc(COc4ccc(Cl)cc4Cl)c3)CC2)nc2ccc(C(=O)OC)cc21. The van der Waals surface area contributed by atoms with E-state index in [4.69, 9.17) is 37.7 Å². The largest absolute Gasteiger partial charge is 0.486 e. The van der Waals surface area contributed by atoms with E-state index in [2.05, 4.69) is 43.1 Å². The van der Waals surface area contributed by atoms with Crippen molar-refractivity contribution in [2.24, 2.45) is 5.92 Å². The Labute approximate surface area is 272 Å². The van der Waals surface area contributed by atoms with Gasteiger partial charge in [-0.25, -0.2) is 14.8 Å². The Balaban J connectivity index is 1.11. The molecule has 3 aromatic heterocycles. The number of carbonyl (C=O) groups excluding carboxylic acids is 1. The Hall–Kier alpha value is -3.92. The molecule has 0 unspecified atom stereocenters. The number of nitrogens with zero attached hydrogens (tertiary/aromatic N) is 6. The number of aryl methyl sites for hydroxylation is 1. The molecule has 6 rings (SSSR count). The van der Waals surface area contributed by atoms with Crippen LogP contribution < -0.4 is 4.74 Å². The molecule has 9 nitrogen and oxygen atoms in total. The average Bonchev–Trinajstić information content (AvgIpc) is 3.65. The molecule has 0 radical (unpaired) electrons. The molecular formula is C34H36Cl2N6O3. The number of carbonyl (C=O) groups is 1. The summed E-state index contributed by atoms with van der Waals surface area (Å²) in [6, 6.07) is 15.0. The summed E-state index contributed by atoms with van der Waals surface area (Å²) in [5.74, 6) is 1.80. The zero-order valence-corrected chi connectivity index (χ0v) is 27.0. The number of piperidine rings is 1. The van der Waals surface area contributed by atoms with Crippen LogP contribution in [-0.4, -0.2) is 55.2 Å². The number of benzene rings is 2. The highest BCUT2D eigenvalue weighted by Gasteiger charge is 2.23. The van der Waals surface area contributed by atoms with Gasteiger partial charge in [0.05, 0.1) is 59.5 Å². The van der Waals surface area contributed by atoms with Crippen LogP contribution in [0.2, 0.25) is 10.0 Å². The normalized spacial score (nSPS) is 14.2. The van der Waals surface area contributed by atoms with Crippen LogP contribution in [0, 0.1) is 5.92 Å². The van der Waals surface area contributed by atoms with Gasteiger partial charge in [-0.1, -0.05) is 23.2 Å². The second-order valence-corrected chi connectivity index (χ2v) is 12.3. The molecule has 0 bridgehead atoms. The van der Waals surface area contributed by atoms with Crippen molar-refractivity contribution in [2.75, 3.05) is 20.2 Å². The fourth-order valence-electron chi connectivity index (χ4n) is 6.00. The van der Waals surface area contributed by atoms with Crippen molar-refractivity contribution in [1.29, 1.82) is 0 Å². The first-order chi connectivity index (χ1) is 21.9. The minimum Gasteiger partial charge on any atom is -0.486 e. The molecule has 0 amide bonds. The number of halogens is 2. The molecule has 234 valence electrons. The minimum absolute atomic E-state index is 0.342. The van der Waals surface area contributed by atoms with Crippen molar-refractivity contribution in [3.8, 4) is 5.75 Å². The van der Waals surface area contributed by atoms with Crippen LogP contribution in [0.25, 0.3) is 11.0 Å². The number of hydrogen-bond donors (Lipinski definition) is 0. The first-order valence-corrected chi connectivity index (χ1v) is 16.0. The van der Waals surface area contributed by atoms with Gasteiger partial charge in [0.1, 0.15) is 18.2 Å². The highest BCUT2D eigenvalue weighted by Crippen LogP contribution is 2.29. The molecule has 2 aromatic carbocycles. The lowest BCUT2D eigenvalue weighted by molar-refractivity contribution is 0.0601. The summed E-state index contributed by atoms with van der Waals surface area (Å²) < 4.78 is 15.2. The summed E-state index contributed by atoms with van der Waals surface area (Å²) in [5.41, 5.74) is 5.53. The Morgan fingerprint density at radius 2 is 1.89 bits per heavy atom. The smallest absolute Gasteiger partial charge is 0.337 e. The fraction of sp³-hybridized carbons (Fsp3) is 0.353. The van der Waals surface area contributed by atoms with Crippen molar-refractivity contribution in [3.63, 3.8) is 0 Å². The van der Waals surface area contributed by atoms with E-state index < -0.39 is 0 Å². The number of esters is 1. The van der Waals surface area contributed by atoms with Crippen molar-refractivity contribution in [1.82, 2.24) is 29.0 Å². The summed E-state index contributed by atoms with van der Waals surface area (Å²) >= 11 is 12.3. The number of fused-ring (bicyclic) bond motifs is 1. The lowest BCUT2D eigenvalue weighted by Gasteiger charge is -2.32. The molecule has 45 heavy (non-hydrogen) atoms. The molecule has 0 N–H and O–H groups in total. The van der Waals surface area contributed by atoms with Gasteiger partial charge in [0, 0.05) is 24.0 Å². The predicted octanol–water partition coefficient (Wildman–Crippen LogP) is 6.82. The topological polar surface area (TPSA) is 87.3 Å². The number of rotatable bonds is 11. The predicted molar refractivity (Wildman–Crippen MR) is 175 cm³/mol. The number of imidazole rings is 2. The van der Waals surface area contributed by atoms with Gasteiger partial charge in [0.15, 0.2) is 0 Å². The summed E-state index contributed by atoms with van der Waals surface area (Å²) in [6.45, 7) is 6.62. The number of methoxy groups -OCH3 is 1. The van der Waals surface area contributed by atoms with Crippen LogP contribution in [0.4, 0.5) is 0 Å². The molecule has 0 aliphatic carbocycles. The third kappa shape index (κ3) is 7.32. The van der Waals surface area contributed by atoms with Gasteiger partial charge in [0.25, 0.3) is 0 Å². The van der Waals surface area contributed by atoms with Gasteiger partial charge in [0.2, 0.25) is 0 Å². The molecule has 1 aliphatic heterocycles. The molecule has 11 heteroatoms. The number of pyridine rings is 1. The molecule has 5 aromatic rings. The van der Waals surface area contributed by atoms with Crippen molar-refractivity contribution in [3.05, 3.63) is 106 Å². The van der Waals surface area contributed by atoms with Gasteiger partial charge < -0.3 is 18.6 Å². The Bertz CT molecular complexity index is 1790. The summed E-state index contributed by atoms with van der Waals surface area (Å²) in [5, 5.41) is 1.06. The maximum atomic E-state index is 12.3. The number of hydrogen-bond acceptors (Lipinski definition) is 7. The van der Waals surface area contributed by atoms with E-state index in [9.17, 15) is 4.79 Å². The van der Waals surface area contributed by atoms with Gasteiger partial charge in [-0.15, -0.1) is 0 Å². The molecule has 1 saturated heterocycles. The Kier molecular flexibility index (Phi) is 9.68. The number of ether oxygens (including phenoxy) is 2. The summed E-state index contributed by atoms with van der Waals surface area (Å²) in [6.07, 6.45) is 8.81. The van der Waals surface area contributed by atoms with E-state index in [1.807, 2.05) is 30.9 Å². The first-order valence-electron chi connectivity index (χ1n) is 15.2. The zero-order valence-electron chi connectivity index (χ0n) is 25.5. The highest BCUT2D eigenvalue weighted by atomic mass is 35.5. The van der Waals surface area contributed by atoms with Gasteiger partial charge in [-0.3, -0.25) is 9.88 Å². The van der Waals surface area contributed by atoms with Crippen molar-refractivity contribution < 1.29 is 14.3 Å². The fourth-order valence-corrected chi connectivity index (χ4v) is 6.46. The van der Waals surface area contributed by atoms with Crippen LogP contribution in [-0.2, 0) is 37.4 Å².